The van der Waals surface area contributed by atoms with Crippen molar-refractivity contribution in [2.45, 2.75) is 22.6 Å². The molecule has 1 aliphatic heterocycles. The Morgan fingerprint density at radius 2 is 2.21 bits per heavy atom. The van der Waals surface area contributed by atoms with E-state index in [1.54, 1.807) is 12.3 Å². The molecule has 0 radical (unpaired) electrons. The monoisotopic (exact) mass is 274 g/mol. The second kappa shape index (κ2) is 5.31. The lowest BCUT2D eigenvalue weighted by Crippen LogP contribution is -2.27. The van der Waals surface area contributed by atoms with Crippen LogP contribution >= 0.6 is 11.8 Å². The lowest BCUT2D eigenvalue weighted by molar-refractivity contribution is 0.555. The number of nitrogens with one attached hydrogen (secondary N) is 1. The molecule has 1 N–H and O–H groups in total. The molecule has 2 aromatic rings. The number of thioether (sulfide) groups is 1. The van der Waals surface area contributed by atoms with Gasteiger partial charge in [0.2, 0.25) is 0 Å². The predicted molar refractivity (Wildman–Crippen MR) is 75.8 cm³/mol. The van der Waals surface area contributed by atoms with Crippen molar-refractivity contribution in [2.75, 3.05) is 7.05 Å². The molecular weight excluding hydrogens is 259 g/mol. The van der Waals surface area contributed by atoms with Crippen molar-refractivity contribution in [3.63, 3.8) is 0 Å². The molecule has 2 nitrogen and oxygen atoms in total. The Kier molecular flexibility index (Phi) is 3.53. The minimum absolute atomic E-state index is 0.112. The van der Waals surface area contributed by atoms with Gasteiger partial charge in [0.1, 0.15) is 5.82 Å². The van der Waals surface area contributed by atoms with Gasteiger partial charge in [-0.1, -0.05) is 18.2 Å². The fourth-order valence-corrected chi connectivity index (χ4v) is 4.04. The molecule has 3 rings (SSSR count). The number of pyridine rings is 1. The van der Waals surface area contributed by atoms with Crippen LogP contribution < -0.4 is 5.32 Å². The average Bonchev–Trinajstić information content (AvgIpc) is 2.83. The van der Waals surface area contributed by atoms with Gasteiger partial charge >= 0.3 is 0 Å². The highest BCUT2D eigenvalue weighted by atomic mass is 32.2. The molecule has 98 valence electrons. The summed E-state index contributed by atoms with van der Waals surface area (Å²) >= 11 is 1.86. The summed E-state index contributed by atoms with van der Waals surface area (Å²) in [6, 6.07) is 10.1. The Morgan fingerprint density at radius 1 is 1.37 bits per heavy atom. The lowest BCUT2D eigenvalue weighted by atomic mass is 10.00. The molecule has 0 fully saturated rings. The van der Waals surface area contributed by atoms with Crippen LogP contribution in [0.1, 0.15) is 17.2 Å². The summed E-state index contributed by atoms with van der Waals surface area (Å²) in [6.07, 6.45) is 3.99. The number of fused-ring (bicyclic) bond motifs is 1. The predicted octanol–water partition coefficient (Wildman–Crippen LogP) is 3.20. The molecule has 0 saturated heterocycles. The van der Waals surface area contributed by atoms with Crippen molar-refractivity contribution in [2.24, 2.45) is 0 Å². The van der Waals surface area contributed by atoms with Crippen LogP contribution in [0.3, 0.4) is 0 Å². The van der Waals surface area contributed by atoms with E-state index in [0.29, 0.717) is 5.25 Å². The molecule has 1 aliphatic rings. The molecule has 2 unspecified atom stereocenters. The maximum atomic E-state index is 13.3. The van der Waals surface area contributed by atoms with Crippen LogP contribution in [0.2, 0.25) is 0 Å². The summed E-state index contributed by atoms with van der Waals surface area (Å²) in [5, 5.41) is 3.68. The third-order valence-corrected chi connectivity index (χ3v) is 4.83. The molecule has 0 bridgehead atoms. The van der Waals surface area contributed by atoms with Crippen LogP contribution in [0.4, 0.5) is 4.39 Å². The second-order valence-corrected chi connectivity index (χ2v) is 5.95. The van der Waals surface area contributed by atoms with E-state index >= 15 is 0 Å². The molecule has 4 heteroatoms. The van der Waals surface area contributed by atoms with Crippen LogP contribution in [-0.2, 0) is 6.42 Å². The summed E-state index contributed by atoms with van der Waals surface area (Å²) in [5.74, 6) is -0.279. The van der Waals surface area contributed by atoms with Crippen LogP contribution in [0, 0.1) is 5.82 Å². The first-order valence-corrected chi connectivity index (χ1v) is 7.18. The highest BCUT2D eigenvalue weighted by Crippen LogP contribution is 2.42. The minimum Gasteiger partial charge on any atom is -0.312 e. The van der Waals surface area contributed by atoms with Crippen molar-refractivity contribution < 1.29 is 4.39 Å². The third-order valence-electron chi connectivity index (χ3n) is 3.44. The van der Waals surface area contributed by atoms with Crippen LogP contribution in [-0.4, -0.2) is 17.3 Å². The highest BCUT2D eigenvalue weighted by Gasteiger charge is 2.29. The lowest BCUT2D eigenvalue weighted by Gasteiger charge is -2.22. The van der Waals surface area contributed by atoms with E-state index in [1.165, 1.54) is 16.7 Å². The Balaban J connectivity index is 1.86. The van der Waals surface area contributed by atoms with Gasteiger partial charge in [-0.05, 0) is 36.7 Å². The first-order valence-electron chi connectivity index (χ1n) is 6.30. The SMILES string of the molecule is CNC(c1cncc(F)c1)C1Cc2ccccc2S1. The first-order chi connectivity index (χ1) is 9.28. The molecule has 0 aliphatic carbocycles. The maximum absolute atomic E-state index is 13.3. The van der Waals surface area contributed by atoms with E-state index in [-0.39, 0.29) is 11.9 Å². The normalized spacial score (nSPS) is 19.2. The Hall–Kier alpha value is -1.39. The summed E-state index contributed by atoms with van der Waals surface area (Å²) in [5.41, 5.74) is 2.29. The van der Waals surface area contributed by atoms with Gasteiger partial charge in [-0.25, -0.2) is 4.39 Å². The van der Waals surface area contributed by atoms with E-state index in [9.17, 15) is 4.39 Å². The van der Waals surface area contributed by atoms with Gasteiger partial charge in [-0.3, -0.25) is 4.98 Å². The quantitative estimate of drug-likeness (QED) is 0.930. The minimum atomic E-state index is -0.279. The van der Waals surface area contributed by atoms with Crippen molar-refractivity contribution in [1.29, 1.82) is 0 Å². The van der Waals surface area contributed by atoms with Gasteiger partial charge in [0.25, 0.3) is 0 Å². The van der Waals surface area contributed by atoms with Gasteiger partial charge < -0.3 is 5.32 Å². The van der Waals surface area contributed by atoms with Crippen molar-refractivity contribution in [1.82, 2.24) is 10.3 Å². The van der Waals surface area contributed by atoms with Gasteiger partial charge in [0, 0.05) is 22.4 Å². The number of nitrogens with zero attached hydrogens (tertiary/aromatic N) is 1. The number of aromatic nitrogens is 1. The molecule has 0 saturated carbocycles. The van der Waals surface area contributed by atoms with Crippen molar-refractivity contribution >= 4 is 11.8 Å². The molecule has 1 aromatic carbocycles. The first kappa shape index (κ1) is 12.6. The topological polar surface area (TPSA) is 24.9 Å². The summed E-state index contributed by atoms with van der Waals surface area (Å²) in [4.78, 5) is 5.28. The summed E-state index contributed by atoms with van der Waals surface area (Å²) in [7, 11) is 1.92. The van der Waals surface area contributed by atoms with E-state index in [4.69, 9.17) is 0 Å². The number of hydrogen-bond acceptors (Lipinski definition) is 3. The fraction of sp³-hybridized carbons (Fsp3) is 0.267. The van der Waals surface area contributed by atoms with E-state index in [1.807, 2.05) is 18.8 Å². The Morgan fingerprint density at radius 3 is 2.95 bits per heavy atom. The number of benzene rings is 1. The average molecular weight is 274 g/mol. The van der Waals surface area contributed by atoms with Gasteiger partial charge in [-0.2, -0.15) is 0 Å². The molecule has 1 aromatic heterocycles. The maximum Gasteiger partial charge on any atom is 0.141 e. The molecule has 19 heavy (non-hydrogen) atoms. The van der Waals surface area contributed by atoms with Crippen LogP contribution in [0.25, 0.3) is 0 Å². The molecular formula is C15H15FN2S. The molecule has 2 atom stereocenters. The Labute approximate surface area is 116 Å². The van der Waals surface area contributed by atoms with Crippen LogP contribution in [0.5, 0.6) is 0 Å². The van der Waals surface area contributed by atoms with Gasteiger partial charge in [0.15, 0.2) is 0 Å². The number of halogens is 1. The zero-order valence-electron chi connectivity index (χ0n) is 10.6. The standard InChI is InChI=1S/C15H15FN2S/c1-17-15(11-6-12(16)9-18-8-11)14-7-10-4-2-3-5-13(10)19-14/h2-6,8-9,14-15,17H,7H2,1H3. The van der Waals surface area contributed by atoms with Crippen LogP contribution in [0.15, 0.2) is 47.6 Å². The zero-order valence-corrected chi connectivity index (χ0v) is 11.5. The Bertz CT molecular complexity index is 563. The van der Waals surface area contributed by atoms with Gasteiger partial charge in [-0.15, -0.1) is 11.8 Å². The molecule has 0 spiro atoms. The number of rotatable bonds is 3. The van der Waals surface area contributed by atoms with E-state index in [2.05, 4.69) is 34.6 Å². The third kappa shape index (κ3) is 2.51. The largest absolute Gasteiger partial charge is 0.312 e. The highest BCUT2D eigenvalue weighted by molar-refractivity contribution is 8.00. The van der Waals surface area contributed by atoms with E-state index < -0.39 is 0 Å². The molecule has 0 amide bonds. The zero-order chi connectivity index (χ0) is 13.2. The summed E-state index contributed by atoms with van der Waals surface area (Å²) in [6.45, 7) is 0. The summed E-state index contributed by atoms with van der Waals surface area (Å²) < 4.78 is 13.3. The second-order valence-electron chi connectivity index (χ2n) is 4.67. The smallest absolute Gasteiger partial charge is 0.141 e. The van der Waals surface area contributed by atoms with Crippen molar-refractivity contribution in [3.8, 4) is 0 Å². The van der Waals surface area contributed by atoms with E-state index in [0.717, 1.165) is 12.0 Å². The van der Waals surface area contributed by atoms with Crippen molar-refractivity contribution in [3.05, 3.63) is 59.7 Å². The number of hydrogen-bond donors (Lipinski definition) is 1. The molecule has 2 heterocycles. The van der Waals surface area contributed by atoms with Gasteiger partial charge in [0.05, 0.1) is 6.20 Å². The fourth-order valence-electron chi connectivity index (χ4n) is 2.56.